The quantitative estimate of drug-likeness (QED) is 0.796. The zero-order valence-corrected chi connectivity index (χ0v) is 14.7. The molecule has 0 aromatic rings. The van der Waals surface area contributed by atoms with Crippen LogP contribution in [0, 0.1) is 29.6 Å². The van der Waals surface area contributed by atoms with Crippen LogP contribution in [0.15, 0.2) is 0 Å². The predicted molar refractivity (Wildman–Crippen MR) is 88.1 cm³/mol. The Morgan fingerprint density at radius 3 is 2.61 bits per heavy atom. The molecule has 130 valence electrons. The van der Waals surface area contributed by atoms with Crippen LogP contribution < -0.4 is 0 Å². The van der Waals surface area contributed by atoms with E-state index < -0.39 is 0 Å². The number of methoxy groups -OCH3 is 1. The third-order valence-electron chi connectivity index (χ3n) is 7.53. The molecule has 4 rings (SSSR count). The number of fused-ring (bicyclic) bond motifs is 2. The maximum Gasteiger partial charge on any atom is 0.410 e. The van der Waals surface area contributed by atoms with Crippen molar-refractivity contribution in [2.75, 3.05) is 13.7 Å². The average Bonchev–Trinajstić information content (AvgIpc) is 2.91. The largest absolute Gasteiger partial charge is 0.453 e. The molecule has 0 bridgehead atoms. The van der Waals surface area contributed by atoms with E-state index in [0.29, 0.717) is 30.6 Å². The number of rotatable bonds is 3. The van der Waals surface area contributed by atoms with Crippen molar-refractivity contribution in [1.29, 1.82) is 0 Å². The van der Waals surface area contributed by atoms with Crippen LogP contribution in [-0.4, -0.2) is 42.9 Å². The second-order valence-electron chi connectivity index (χ2n) is 8.42. The molecule has 1 aliphatic heterocycles. The third kappa shape index (κ3) is 2.57. The van der Waals surface area contributed by atoms with Crippen LogP contribution in [-0.2, 0) is 9.47 Å². The summed E-state index contributed by atoms with van der Waals surface area (Å²) in [6.07, 6.45) is 7.65. The Bertz CT molecular complexity index is 468. The van der Waals surface area contributed by atoms with Gasteiger partial charge in [0.2, 0.25) is 0 Å². The van der Waals surface area contributed by atoms with Gasteiger partial charge in [0.1, 0.15) is 0 Å². The summed E-state index contributed by atoms with van der Waals surface area (Å²) in [5.74, 6) is 3.97. The first-order valence-electron chi connectivity index (χ1n) is 9.59. The topological polar surface area (TPSA) is 38.8 Å². The normalized spacial score (nSPS) is 48.0. The number of amides is 1. The van der Waals surface area contributed by atoms with E-state index >= 15 is 0 Å². The summed E-state index contributed by atoms with van der Waals surface area (Å²) in [4.78, 5) is 14.3. The number of hydrogen-bond donors (Lipinski definition) is 0. The summed E-state index contributed by atoms with van der Waals surface area (Å²) in [5.41, 5.74) is 0. The van der Waals surface area contributed by atoms with E-state index in [2.05, 4.69) is 13.8 Å². The van der Waals surface area contributed by atoms with E-state index in [1.54, 1.807) is 0 Å². The Balaban J connectivity index is 1.39. The minimum atomic E-state index is -0.153. The van der Waals surface area contributed by atoms with Crippen molar-refractivity contribution in [2.24, 2.45) is 29.6 Å². The van der Waals surface area contributed by atoms with Crippen molar-refractivity contribution in [3.05, 3.63) is 0 Å². The maximum absolute atomic E-state index is 12.3. The van der Waals surface area contributed by atoms with Crippen molar-refractivity contribution in [2.45, 2.75) is 70.6 Å². The first-order valence-corrected chi connectivity index (χ1v) is 9.59. The van der Waals surface area contributed by atoms with E-state index in [-0.39, 0.29) is 12.1 Å². The van der Waals surface area contributed by atoms with Crippen LogP contribution in [0.4, 0.5) is 4.79 Å². The van der Waals surface area contributed by atoms with E-state index in [0.717, 1.165) is 24.2 Å². The van der Waals surface area contributed by atoms with Gasteiger partial charge in [-0.15, -0.1) is 0 Å². The second-order valence-corrected chi connectivity index (χ2v) is 8.42. The summed E-state index contributed by atoms with van der Waals surface area (Å²) in [6.45, 7) is 5.39. The third-order valence-corrected chi connectivity index (χ3v) is 7.53. The summed E-state index contributed by atoms with van der Waals surface area (Å²) < 4.78 is 11.4. The van der Waals surface area contributed by atoms with Gasteiger partial charge < -0.3 is 9.47 Å². The number of hydrogen-bond acceptors (Lipinski definition) is 3. The number of likely N-dealkylation sites (tertiary alicyclic amines) is 1. The fourth-order valence-electron chi connectivity index (χ4n) is 6.01. The minimum Gasteiger partial charge on any atom is -0.453 e. The van der Waals surface area contributed by atoms with E-state index in [9.17, 15) is 4.79 Å². The van der Waals surface area contributed by atoms with Crippen LogP contribution >= 0.6 is 0 Å². The maximum atomic E-state index is 12.3. The van der Waals surface area contributed by atoms with Gasteiger partial charge in [0.05, 0.1) is 25.9 Å². The molecule has 0 aromatic carbocycles. The van der Waals surface area contributed by atoms with Gasteiger partial charge in [-0.05, 0) is 61.7 Å². The van der Waals surface area contributed by atoms with Gasteiger partial charge in [-0.1, -0.05) is 20.3 Å². The molecule has 1 heterocycles. The molecule has 3 aliphatic carbocycles. The van der Waals surface area contributed by atoms with Gasteiger partial charge in [-0.25, -0.2) is 4.79 Å². The first-order chi connectivity index (χ1) is 11.1. The number of carbonyl (C=O) groups excluding carboxylic acids is 1. The SMILES string of the molecule is COC(=O)N1C(COC2CCC3C(C2)[C@@H]3C)C(C)C2CCCC21. The van der Waals surface area contributed by atoms with Gasteiger partial charge in [0.25, 0.3) is 0 Å². The van der Waals surface area contributed by atoms with Gasteiger partial charge in [-0.2, -0.15) is 0 Å². The van der Waals surface area contributed by atoms with Gasteiger partial charge in [0.15, 0.2) is 0 Å². The highest BCUT2D eigenvalue weighted by atomic mass is 16.5. The van der Waals surface area contributed by atoms with E-state index in [4.69, 9.17) is 9.47 Å². The van der Waals surface area contributed by atoms with E-state index in [1.165, 1.54) is 39.2 Å². The molecule has 0 spiro atoms. The Hall–Kier alpha value is -0.770. The fraction of sp³-hybridized carbons (Fsp3) is 0.947. The van der Waals surface area contributed by atoms with Crippen LogP contribution in [0.1, 0.15) is 52.4 Å². The van der Waals surface area contributed by atoms with Crippen LogP contribution in [0.3, 0.4) is 0 Å². The molecule has 3 saturated carbocycles. The Morgan fingerprint density at radius 1 is 1.04 bits per heavy atom. The van der Waals surface area contributed by atoms with E-state index in [1.807, 2.05) is 4.90 Å². The molecule has 0 aromatic heterocycles. The molecule has 23 heavy (non-hydrogen) atoms. The van der Waals surface area contributed by atoms with Crippen molar-refractivity contribution in [3.8, 4) is 0 Å². The predicted octanol–water partition coefficient (Wildman–Crippen LogP) is 3.69. The lowest BCUT2D eigenvalue weighted by molar-refractivity contribution is -0.0126. The summed E-state index contributed by atoms with van der Waals surface area (Å²) >= 11 is 0. The van der Waals surface area contributed by atoms with Crippen molar-refractivity contribution in [1.82, 2.24) is 4.90 Å². The van der Waals surface area contributed by atoms with Crippen molar-refractivity contribution < 1.29 is 14.3 Å². The Labute approximate surface area is 139 Å². The first kappa shape index (κ1) is 15.7. The number of nitrogens with zero attached hydrogens (tertiary/aromatic N) is 1. The highest BCUT2D eigenvalue weighted by molar-refractivity contribution is 5.69. The molecule has 4 heteroatoms. The molecular formula is C19H31NO3. The van der Waals surface area contributed by atoms with Gasteiger partial charge >= 0.3 is 6.09 Å². The molecule has 1 amide bonds. The molecule has 1 saturated heterocycles. The lowest BCUT2D eigenvalue weighted by Gasteiger charge is -2.31. The molecule has 0 N–H and O–H groups in total. The highest BCUT2D eigenvalue weighted by Gasteiger charge is 2.52. The lowest BCUT2D eigenvalue weighted by atomic mass is 9.90. The van der Waals surface area contributed by atoms with Crippen LogP contribution in [0.25, 0.3) is 0 Å². The van der Waals surface area contributed by atoms with Crippen LogP contribution in [0.5, 0.6) is 0 Å². The molecule has 4 fully saturated rings. The summed E-state index contributed by atoms with van der Waals surface area (Å²) in [7, 11) is 1.50. The number of ether oxygens (including phenoxy) is 2. The summed E-state index contributed by atoms with van der Waals surface area (Å²) in [5, 5.41) is 0. The van der Waals surface area contributed by atoms with Crippen molar-refractivity contribution >= 4 is 6.09 Å². The summed E-state index contributed by atoms with van der Waals surface area (Å²) in [6, 6.07) is 0.581. The van der Waals surface area contributed by atoms with Crippen molar-refractivity contribution in [3.63, 3.8) is 0 Å². The molecular weight excluding hydrogens is 290 g/mol. The zero-order chi connectivity index (χ0) is 16.1. The number of carbonyl (C=O) groups is 1. The molecule has 0 radical (unpaired) electrons. The fourth-order valence-corrected chi connectivity index (χ4v) is 6.01. The smallest absolute Gasteiger partial charge is 0.410 e. The molecule has 8 atom stereocenters. The minimum absolute atomic E-state index is 0.153. The second kappa shape index (κ2) is 5.94. The Morgan fingerprint density at radius 2 is 1.87 bits per heavy atom. The highest BCUT2D eigenvalue weighted by Crippen LogP contribution is 2.55. The molecule has 7 unspecified atom stereocenters. The Kier molecular flexibility index (Phi) is 4.07. The monoisotopic (exact) mass is 321 g/mol. The van der Waals surface area contributed by atoms with Gasteiger partial charge in [-0.3, -0.25) is 4.90 Å². The molecule has 4 aliphatic rings. The molecule has 4 nitrogen and oxygen atoms in total. The zero-order valence-electron chi connectivity index (χ0n) is 14.7. The lowest BCUT2D eigenvalue weighted by Crippen LogP contribution is -2.45. The average molecular weight is 321 g/mol. The van der Waals surface area contributed by atoms with Crippen LogP contribution in [0.2, 0.25) is 0 Å². The standard InChI is InChI=1S/C19H31NO3/c1-11-14-8-7-13(9-16(11)14)23-10-18-12(2)15-5-4-6-17(15)20(18)19(21)22-3/h11-18H,4-10H2,1-3H3/t11-,12?,13?,14?,15?,16?,17?,18?/m1/s1. The van der Waals surface area contributed by atoms with Gasteiger partial charge in [0, 0.05) is 6.04 Å².